The molecule has 0 saturated carbocycles. The zero-order valence-corrected chi connectivity index (χ0v) is 10.5. The second kappa shape index (κ2) is 4.31. The molecule has 0 fully saturated rings. The van der Waals surface area contributed by atoms with Crippen LogP contribution >= 0.6 is 0 Å². The van der Waals surface area contributed by atoms with Crippen molar-refractivity contribution in [3.63, 3.8) is 0 Å². The van der Waals surface area contributed by atoms with E-state index in [4.69, 9.17) is 11.5 Å². The van der Waals surface area contributed by atoms with E-state index in [0.29, 0.717) is 11.3 Å². The van der Waals surface area contributed by atoms with Gasteiger partial charge in [-0.1, -0.05) is 24.3 Å². The lowest BCUT2D eigenvalue weighted by Crippen LogP contribution is -2.21. The first-order valence-electron chi connectivity index (χ1n) is 6.16. The number of hydrogen-bond donors (Lipinski definition) is 2. The molecule has 2 aromatic carbocycles. The van der Waals surface area contributed by atoms with Crippen molar-refractivity contribution in [1.29, 1.82) is 0 Å². The number of nitrogen functional groups attached to an aromatic ring is 1. The fraction of sp³-hybridized carbons (Fsp3) is 0.133. The minimum Gasteiger partial charge on any atom is -0.399 e. The highest BCUT2D eigenvalue weighted by Gasteiger charge is 2.22. The van der Waals surface area contributed by atoms with Crippen LogP contribution in [-0.2, 0) is 13.1 Å². The van der Waals surface area contributed by atoms with E-state index in [0.717, 1.165) is 18.8 Å². The molecule has 96 valence electrons. The van der Waals surface area contributed by atoms with Crippen LogP contribution < -0.4 is 16.4 Å². The molecule has 2 aromatic rings. The van der Waals surface area contributed by atoms with Gasteiger partial charge in [0, 0.05) is 18.8 Å². The van der Waals surface area contributed by atoms with Crippen LogP contribution in [0, 0.1) is 0 Å². The average molecular weight is 253 g/mol. The largest absolute Gasteiger partial charge is 0.399 e. The first-order chi connectivity index (χ1) is 9.15. The normalized spacial score (nSPS) is 13.4. The molecule has 1 aliphatic rings. The molecule has 4 N–H and O–H groups in total. The summed E-state index contributed by atoms with van der Waals surface area (Å²) in [5.74, 6) is -0.425. The van der Waals surface area contributed by atoms with Gasteiger partial charge < -0.3 is 16.4 Å². The number of amides is 1. The lowest BCUT2D eigenvalue weighted by atomic mass is 10.1. The van der Waals surface area contributed by atoms with Gasteiger partial charge in [-0.25, -0.2) is 0 Å². The fourth-order valence-electron chi connectivity index (χ4n) is 2.52. The SMILES string of the molecule is NC(=O)c1ccc(N)cc1N1Cc2ccccc2C1. The van der Waals surface area contributed by atoms with Gasteiger partial charge in [0.1, 0.15) is 0 Å². The molecule has 0 saturated heterocycles. The number of nitrogens with zero attached hydrogens (tertiary/aromatic N) is 1. The molecular weight excluding hydrogens is 238 g/mol. The smallest absolute Gasteiger partial charge is 0.250 e. The Kier molecular flexibility index (Phi) is 2.63. The maximum absolute atomic E-state index is 11.5. The standard InChI is InChI=1S/C15H15N3O/c16-12-5-6-13(15(17)19)14(7-12)18-8-10-3-1-2-4-11(10)9-18/h1-7H,8-9,16H2,(H2,17,19). The van der Waals surface area contributed by atoms with Gasteiger partial charge in [-0.2, -0.15) is 0 Å². The Balaban J connectivity index is 2.01. The summed E-state index contributed by atoms with van der Waals surface area (Å²) >= 11 is 0. The van der Waals surface area contributed by atoms with Gasteiger partial charge in [0.05, 0.1) is 11.3 Å². The van der Waals surface area contributed by atoms with E-state index in [1.54, 1.807) is 12.1 Å². The number of carbonyl (C=O) groups is 1. The molecule has 19 heavy (non-hydrogen) atoms. The lowest BCUT2D eigenvalue weighted by Gasteiger charge is -2.20. The van der Waals surface area contributed by atoms with Crippen molar-refractivity contribution in [2.45, 2.75) is 13.1 Å². The number of primary amides is 1. The molecule has 0 unspecified atom stereocenters. The summed E-state index contributed by atoms with van der Waals surface area (Å²) in [5, 5.41) is 0. The van der Waals surface area contributed by atoms with E-state index in [-0.39, 0.29) is 0 Å². The number of rotatable bonds is 2. The third kappa shape index (κ3) is 2.01. The van der Waals surface area contributed by atoms with Crippen LogP contribution in [-0.4, -0.2) is 5.91 Å². The van der Waals surface area contributed by atoms with Crippen LogP contribution in [0.15, 0.2) is 42.5 Å². The molecule has 0 aliphatic carbocycles. The molecule has 1 amide bonds. The lowest BCUT2D eigenvalue weighted by molar-refractivity contribution is 0.100. The highest BCUT2D eigenvalue weighted by Crippen LogP contribution is 2.31. The van der Waals surface area contributed by atoms with Gasteiger partial charge in [-0.05, 0) is 29.3 Å². The highest BCUT2D eigenvalue weighted by atomic mass is 16.1. The summed E-state index contributed by atoms with van der Waals surface area (Å²) in [4.78, 5) is 13.6. The Morgan fingerprint density at radius 2 is 1.68 bits per heavy atom. The van der Waals surface area contributed by atoms with E-state index in [1.165, 1.54) is 11.1 Å². The van der Waals surface area contributed by atoms with Crippen molar-refractivity contribution >= 4 is 17.3 Å². The molecule has 4 heteroatoms. The Hall–Kier alpha value is -2.49. The van der Waals surface area contributed by atoms with Crippen LogP contribution in [0.1, 0.15) is 21.5 Å². The van der Waals surface area contributed by atoms with Crippen molar-refractivity contribution in [1.82, 2.24) is 0 Å². The molecule has 0 spiro atoms. The van der Waals surface area contributed by atoms with Gasteiger partial charge in [0.25, 0.3) is 5.91 Å². The molecule has 0 aromatic heterocycles. The van der Waals surface area contributed by atoms with E-state index in [9.17, 15) is 4.79 Å². The van der Waals surface area contributed by atoms with Crippen LogP contribution in [0.5, 0.6) is 0 Å². The maximum Gasteiger partial charge on any atom is 0.250 e. The topological polar surface area (TPSA) is 72.3 Å². The number of hydrogen-bond acceptors (Lipinski definition) is 3. The molecule has 0 atom stereocenters. The van der Waals surface area contributed by atoms with Crippen molar-refractivity contribution in [3.8, 4) is 0 Å². The second-order valence-corrected chi connectivity index (χ2v) is 4.77. The Morgan fingerprint density at radius 1 is 1.05 bits per heavy atom. The average Bonchev–Trinajstić information content (AvgIpc) is 2.81. The first-order valence-corrected chi connectivity index (χ1v) is 6.16. The summed E-state index contributed by atoms with van der Waals surface area (Å²) in [6.07, 6.45) is 0. The third-order valence-electron chi connectivity index (χ3n) is 3.47. The predicted molar refractivity (Wildman–Crippen MR) is 75.7 cm³/mol. The van der Waals surface area contributed by atoms with Crippen molar-refractivity contribution < 1.29 is 4.79 Å². The molecule has 4 nitrogen and oxygen atoms in total. The van der Waals surface area contributed by atoms with E-state index in [2.05, 4.69) is 17.0 Å². The van der Waals surface area contributed by atoms with E-state index in [1.807, 2.05) is 18.2 Å². The Labute approximate surface area is 111 Å². The number of fused-ring (bicyclic) bond motifs is 1. The summed E-state index contributed by atoms with van der Waals surface area (Å²) < 4.78 is 0. The zero-order valence-electron chi connectivity index (χ0n) is 10.5. The van der Waals surface area contributed by atoms with Crippen molar-refractivity contribution in [2.24, 2.45) is 5.73 Å². The van der Waals surface area contributed by atoms with Crippen LogP contribution in [0.3, 0.4) is 0 Å². The minimum absolute atomic E-state index is 0.425. The van der Waals surface area contributed by atoms with Crippen molar-refractivity contribution in [3.05, 3.63) is 59.2 Å². The molecular formula is C15H15N3O. The molecule has 3 rings (SSSR count). The zero-order chi connectivity index (χ0) is 13.4. The molecule has 1 heterocycles. The quantitative estimate of drug-likeness (QED) is 0.803. The highest BCUT2D eigenvalue weighted by molar-refractivity contribution is 5.99. The number of benzene rings is 2. The molecule has 1 aliphatic heterocycles. The van der Waals surface area contributed by atoms with Gasteiger partial charge in [-0.15, -0.1) is 0 Å². The summed E-state index contributed by atoms with van der Waals surface area (Å²) in [6.45, 7) is 1.56. The van der Waals surface area contributed by atoms with E-state index >= 15 is 0 Å². The molecule has 0 bridgehead atoms. The Bertz CT molecular complexity index is 627. The van der Waals surface area contributed by atoms with Gasteiger partial charge in [0.2, 0.25) is 0 Å². The van der Waals surface area contributed by atoms with Crippen LogP contribution in [0.25, 0.3) is 0 Å². The maximum atomic E-state index is 11.5. The Morgan fingerprint density at radius 3 is 2.26 bits per heavy atom. The molecule has 0 radical (unpaired) electrons. The van der Waals surface area contributed by atoms with Crippen LogP contribution in [0.2, 0.25) is 0 Å². The number of nitrogens with two attached hydrogens (primary N) is 2. The number of anilines is 2. The summed E-state index contributed by atoms with van der Waals surface area (Å²) in [6, 6.07) is 13.5. The predicted octanol–water partition coefficient (Wildman–Crippen LogP) is 1.89. The second-order valence-electron chi connectivity index (χ2n) is 4.77. The number of carbonyl (C=O) groups excluding carboxylic acids is 1. The van der Waals surface area contributed by atoms with Gasteiger partial charge in [0.15, 0.2) is 0 Å². The monoisotopic (exact) mass is 253 g/mol. The summed E-state index contributed by atoms with van der Waals surface area (Å²) in [5.41, 5.74) is 15.8. The fourth-order valence-corrected chi connectivity index (χ4v) is 2.52. The van der Waals surface area contributed by atoms with Crippen LogP contribution in [0.4, 0.5) is 11.4 Å². The first kappa shape index (κ1) is 11.6. The van der Waals surface area contributed by atoms with Crippen molar-refractivity contribution in [2.75, 3.05) is 10.6 Å². The van der Waals surface area contributed by atoms with Gasteiger partial charge in [-0.3, -0.25) is 4.79 Å². The summed E-state index contributed by atoms with van der Waals surface area (Å²) in [7, 11) is 0. The van der Waals surface area contributed by atoms with Gasteiger partial charge >= 0.3 is 0 Å². The minimum atomic E-state index is -0.425. The third-order valence-corrected chi connectivity index (χ3v) is 3.47. The van der Waals surface area contributed by atoms with E-state index < -0.39 is 5.91 Å².